The van der Waals surface area contributed by atoms with Gasteiger partial charge in [0.05, 0.1) is 11.9 Å². The fourth-order valence-corrected chi connectivity index (χ4v) is 3.00. The van der Waals surface area contributed by atoms with Gasteiger partial charge in [-0.3, -0.25) is 4.18 Å². The van der Waals surface area contributed by atoms with E-state index < -0.39 is 10.1 Å². The summed E-state index contributed by atoms with van der Waals surface area (Å²) in [5, 5.41) is 0. The summed E-state index contributed by atoms with van der Waals surface area (Å²) >= 11 is 0. The summed E-state index contributed by atoms with van der Waals surface area (Å²) in [6.07, 6.45) is 1.45. The van der Waals surface area contributed by atoms with Crippen molar-refractivity contribution in [3.8, 4) is 0 Å². The van der Waals surface area contributed by atoms with Crippen LogP contribution in [0.5, 0.6) is 0 Å². The summed E-state index contributed by atoms with van der Waals surface area (Å²) in [5.41, 5.74) is 0. The van der Waals surface area contributed by atoms with Gasteiger partial charge in [0.25, 0.3) is 10.1 Å². The zero-order chi connectivity index (χ0) is 9.35. The molecule has 0 amide bonds. The first-order chi connectivity index (χ1) is 5.46. The van der Waals surface area contributed by atoms with Crippen LogP contribution in [0.3, 0.4) is 0 Å². The Hall–Kier alpha value is -0.350. The molecule has 0 aromatic carbocycles. The lowest BCUT2D eigenvalue weighted by atomic mass is 9.95. The van der Waals surface area contributed by atoms with Gasteiger partial charge in [-0.1, -0.05) is 19.9 Å². The lowest BCUT2D eigenvalue weighted by Gasteiger charge is -2.16. The van der Waals surface area contributed by atoms with Crippen LogP contribution in [0.4, 0.5) is 0 Å². The second kappa shape index (κ2) is 3.18. The van der Waals surface area contributed by atoms with E-state index in [4.69, 9.17) is 4.18 Å². The van der Waals surface area contributed by atoms with Crippen LogP contribution in [-0.2, 0) is 14.3 Å². The molecule has 0 saturated carbocycles. The molecule has 1 heterocycles. The van der Waals surface area contributed by atoms with E-state index in [2.05, 4.69) is 6.58 Å². The molecule has 2 unspecified atom stereocenters. The fourth-order valence-electron chi connectivity index (χ4n) is 1.42. The van der Waals surface area contributed by atoms with Crippen LogP contribution in [0, 0.1) is 11.8 Å². The minimum absolute atomic E-state index is 0.0463. The molecule has 1 aliphatic heterocycles. The molecule has 1 aliphatic rings. The van der Waals surface area contributed by atoms with E-state index in [9.17, 15) is 8.42 Å². The Morgan fingerprint density at radius 3 is 2.50 bits per heavy atom. The molecule has 0 spiro atoms. The molecule has 70 valence electrons. The first-order valence-corrected chi connectivity index (χ1v) is 5.57. The quantitative estimate of drug-likeness (QED) is 0.485. The molecule has 0 radical (unpaired) electrons. The Labute approximate surface area is 73.5 Å². The van der Waals surface area contributed by atoms with Crippen LogP contribution in [0.2, 0.25) is 0 Å². The second-order valence-electron chi connectivity index (χ2n) is 3.43. The Balaban J connectivity index is 2.83. The summed E-state index contributed by atoms with van der Waals surface area (Å²) < 4.78 is 27.0. The van der Waals surface area contributed by atoms with Crippen molar-refractivity contribution in [3.05, 3.63) is 12.7 Å². The van der Waals surface area contributed by atoms with Gasteiger partial charge in [-0.15, -0.1) is 6.58 Å². The van der Waals surface area contributed by atoms with Gasteiger partial charge < -0.3 is 0 Å². The molecule has 3 nitrogen and oxygen atoms in total. The molecule has 0 N–H and O–H groups in total. The largest absolute Gasteiger partial charge is 0.268 e. The minimum Gasteiger partial charge on any atom is -0.266 e. The van der Waals surface area contributed by atoms with E-state index in [0.29, 0.717) is 0 Å². The zero-order valence-electron chi connectivity index (χ0n) is 7.36. The van der Waals surface area contributed by atoms with Gasteiger partial charge in [0.2, 0.25) is 0 Å². The van der Waals surface area contributed by atoms with Gasteiger partial charge in [0.1, 0.15) is 0 Å². The SMILES string of the molecule is C=CC1CS(=O)(=O)OC1C(C)C. The molecule has 0 bridgehead atoms. The highest BCUT2D eigenvalue weighted by Crippen LogP contribution is 2.28. The molecule has 1 saturated heterocycles. The van der Waals surface area contributed by atoms with Gasteiger partial charge in [-0.25, -0.2) is 0 Å². The number of hydrogen-bond acceptors (Lipinski definition) is 3. The predicted octanol–water partition coefficient (Wildman–Crippen LogP) is 1.17. The lowest BCUT2D eigenvalue weighted by Crippen LogP contribution is -2.21. The first-order valence-electron chi connectivity index (χ1n) is 4.00. The second-order valence-corrected chi connectivity index (χ2v) is 5.07. The van der Waals surface area contributed by atoms with Crippen molar-refractivity contribution < 1.29 is 12.6 Å². The van der Waals surface area contributed by atoms with E-state index in [-0.39, 0.29) is 23.7 Å². The van der Waals surface area contributed by atoms with Crippen LogP contribution >= 0.6 is 0 Å². The van der Waals surface area contributed by atoms with Gasteiger partial charge in [0.15, 0.2) is 0 Å². The lowest BCUT2D eigenvalue weighted by molar-refractivity contribution is 0.155. The van der Waals surface area contributed by atoms with Gasteiger partial charge in [-0.2, -0.15) is 8.42 Å². The van der Waals surface area contributed by atoms with Crippen molar-refractivity contribution in [2.45, 2.75) is 20.0 Å². The van der Waals surface area contributed by atoms with Crippen molar-refractivity contribution in [2.24, 2.45) is 11.8 Å². The van der Waals surface area contributed by atoms with Crippen molar-refractivity contribution in [3.63, 3.8) is 0 Å². The average molecular weight is 190 g/mol. The van der Waals surface area contributed by atoms with Crippen LogP contribution in [0.25, 0.3) is 0 Å². The van der Waals surface area contributed by atoms with Crippen molar-refractivity contribution in [2.75, 3.05) is 5.75 Å². The number of hydrogen-bond donors (Lipinski definition) is 0. The Bertz CT molecular complexity index is 266. The third kappa shape index (κ3) is 1.87. The van der Waals surface area contributed by atoms with Crippen molar-refractivity contribution >= 4 is 10.1 Å². The maximum atomic E-state index is 11.0. The van der Waals surface area contributed by atoms with Crippen LogP contribution in [0.15, 0.2) is 12.7 Å². The highest BCUT2D eigenvalue weighted by atomic mass is 32.2. The van der Waals surface area contributed by atoms with Crippen LogP contribution < -0.4 is 0 Å². The minimum atomic E-state index is -3.27. The highest BCUT2D eigenvalue weighted by Gasteiger charge is 2.38. The van der Waals surface area contributed by atoms with E-state index in [1.165, 1.54) is 0 Å². The first kappa shape index (κ1) is 9.74. The van der Waals surface area contributed by atoms with E-state index in [1.54, 1.807) is 6.08 Å². The van der Waals surface area contributed by atoms with Crippen molar-refractivity contribution in [1.29, 1.82) is 0 Å². The average Bonchev–Trinajstić information content (AvgIpc) is 2.25. The molecule has 1 rings (SSSR count). The topological polar surface area (TPSA) is 43.4 Å². The third-order valence-corrected chi connectivity index (χ3v) is 3.34. The number of rotatable bonds is 2. The normalized spacial score (nSPS) is 33.9. The predicted molar refractivity (Wildman–Crippen MR) is 47.2 cm³/mol. The molecule has 1 fully saturated rings. The van der Waals surface area contributed by atoms with E-state index in [0.717, 1.165) is 0 Å². The molecule has 4 heteroatoms. The zero-order valence-corrected chi connectivity index (χ0v) is 8.17. The molecule has 12 heavy (non-hydrogen) atoms. The van der Waals surface area contributed by atoms with Gasteiger partial charge >= 0.3 is 0 Å². The maximum Gasteiger partial charge on any atom is 0.268 e. The van der Waals surface area contributed by atoms with Gasteiger partial charge in [0, 0.05) is 5.92 Å². The molecule has 2 atom stereocenters. The van der Waals surface area contributed by atoms with Crippen LogP contribution in [0.1, 0.15) is 13.8 Å². The van der Waals surface area contributed by atoms with Gasteiger partial charge in [-0.05, 0) is 5.92 Å². The fraction of sp³-hybridized carbons (Fsp3) is 0.750. The summed E-state index contributed by atoms with van der Waals surface area (Å²) in [6.45, 7) is 7.49. The monoisotopic (exact) mass is 190 g/mol. The summed E-state index contributed by atoms with van der Waals surface area (Å²) in [7, 11) is -3.27. The third-order valence-electron chi connectivity index (χ3n) is 2.04. The molecule has 0 aromatic heterocycles. The maximum absolute atomic E-state index is 11.0. The van der Waals surface area contributed by atoms with Crippen molar-refractivity contribution in [1.82, 2.24) is 0 Å². The Morgan fingerprint density at radius 2 is 2.17 bits per heavy atom. The Morgan fingerprint density at radius 1 is 1.58 bits per heavy atom. The standard InChI is InChI=1S/C8H14O3S/c1-4-7-5-12(9,10)11-8(7)6(2)3/h4,6-8H,1,5H2,2-3H3. The summed E-state index contributed by atoms with van der Waals surface area (Å²) in [5.74, 6) is 0.250. The summed E-state index contributed by atoms with van der Waals surface area (Å²) in [6, 6.07) is 0. The molecule has 0 aromatic rings. The van der Waals surface area contributed by atoms with Crippen LogP contribution in [-0.4, -0.2) is 20.3 Å². The van der Waals surface area contributed by atoms with E-state index >= 15 is 0 Å². The smallest absolute Gasteiger partial charge is 0.266 e. The molecular weight excluding hydrogens is 176 g/mol. The summed E-state index contributed by atoms with van der Waals surface area (Å²) in [4.78, 5) is 0. The molecular formula is C8H14O3S. The van der Waals surface area contributed by atoms with E-state index in [1.807, 2.05) is 13.8 Å². The molecule has 0 aliphatic carbocycles. The Kier molecular flexibility index (Phi) is 2.58. The highest BCUT2D eigenvalue weighted by molar-refractivity contribution is 7.86.